The molecule has 5 rings (SSSR count). The van der Waals surface area contributed by atoms with Crippen molar-refractivity contribution < 1.29 is 19.4 Å². The Labute approximate surface area is 215 Å². The van der Waals surface area contributed by atoms with Gasteiger partial charge in [-0.3, -0.25) is 9.69 Å². The second-order valence-corrected chi connectivity index (χ2v) is 9.50. The molecule has 0 spiro atoms. The van der Waals surface area contributed by atoms with E-state index in [-0.39, 0.29) is 25.3 Å². The van der Waals surface area contributed by atoms with Crippen molar-refractivity contribution in [3.63, 3.8) is 0 Å². The number of aliphatic hydroxyl groups is 1. The molecule has 36 heavy (non-hydrogen) atoms. The van der Waals surface area contributed by atoms with E-state index in [0.29, 0.717) is 40.3 Å². The van der Waals surface area contributed by atoms with Gasteiger partial charge in [-0.2, -0.15) is 0 Å². The number of hydrogen-bond donors (Lipinski definition) is 3. The number of carbonyl (C=O) groups excluding carboxylic acids is 1. The van der Waals surface area contributed by atoms with Gasteiger partial charge in [0.05, 0.1) is 0 Å². The number of rotatable bonds is 7. The van der Waals surface area contributed by atoms with Crippen LogP contribution in [0.4, 0.5) is 22.3 Å². The van der Waals surface area contributed by atoms with E-state index in [0.717, 1.165) is 44.0 Å². The minimum atomic E-state index is -0.360. The zero-order chi connectivity index (χ0) is 24.4. The van der Waals surface area contributed by atoms with E-state index in [4.69, 9.17) is 15.2 Å². The van der Waals surface area contributed by atoms with Crippen LogP contribution in [-0.4, -0.2) is 66.4 Å². The highest BCUT2D eigenvalue weighted by Gasteiger charge is 2.22. The molecule has 2 aliphatic heterocycles. The highest BCUT2D eigenvalue weighted by Crippen LogP contribution is 2.34. The molecule has 3 aromatic rings. The molecule has 1 unspecified atom stereocenters. The first-order valence-electron chi connectivity index (χ1n) is 11.8. The SMILES string of the molecule is C.CCC(O)N1CCN(c2ccc(Nc3nc(N)c(C(=O)c4ccc5c(c4)OCCO5)s3)cc2)CC1. The van der Waals surface area contributed by atoms with Gasteiger partial charge < -0.3 is 30.5 Å². The number of fused-ring (bicyclic) bond motifs is 1. The van der Waals surface area contributed by atoms with Crippen LogP contribution in [0.2, 0.25) is 0 Å². The number of ketones is 1. The van der Waals surface area contributed by atoms with Crippen LogP contribution >= 0.6 is 11.3 Å². The van der Waals surface area contributed by atoms with Gasteiger partial charge in [-0.15, -0.1) is 0 Å². The van der Waals surface area contributed by atoms with Gasteiger partial charge in [0.25, 0.3) is 0 Å². The van der Waals surface area contributed by atoms with Gasteiger partial charge in [-0.1, -0.05) is 25.7 Å². The fraction of sp³-hybridized carbons (Fsp3) is 0.385. The third kappa shape index (κ3) is 5.40. The monoisotopic (exact) mass is 511 g/mol. The third-order valence-corrected chi connectivity index (χ3v) is 7.23. The molecule has 0 radical (unpaired) electrons. The van der Waals surface area contributed by atoms with Crippen molar-refractivity contribution in [2.45, 2.75) is 27.0 Å². The van der Waals surface area contributed by atoms with E-state index in [1.165, 1.54) is 11.3 Å². The second kappa shape index (κ2) is 11.2. The molecule has 1 aromatic heterocycles. The molecule has 1 atom stereocenters. The van der Waals surface area contributed by atoms with Crippen LogP contribution in [0.1, 0.15) is 36.0 Å². The fourth-order valence-electron chi connectivity index (χ4n) is 4.28. The number of aliphatic hydroxyl groups excluding tert-OH is 1. The Hall–Kier alpha value is -3.34. The van der Waals surface area contributed by atoms with Gasteiger partial charge in [-0.05, 0) is 48.9 Å². The van der Waals surface area contributed by atoms with Crippen LogP contribution in [0.3, 0.4) is 0 Å². The molecule has 1 saturated heterocycles. The molecule has 1 fully saturated rings. The average Bonchev–Trinajstić information content (AvgIpc) is 3.27. The molecular weight excluding hydrogens is 478 g/mol. The summed E-state index contributed by atoms with van der Waals surface area (Å²) >= 11 is 1.22. The molecule has 0 amide bonds. The quantitative estimate of drug-likeness (QED) is 0.406. The third-order valence-electron chi connectivity index (χ3n) is 6.25. The van der Waals surface area contributed by atoms with Crippen LogP contribution < -0.4 is 25.4 Å². The van der Waals surface area contributed by atoms with Gasteiger partial charge in [0.1, 0.15) is 30.1 Å². The second-order valence-electron chi connectivity index (χ2n) is 8.50. The molecule has 0 bridgehead atoms. The number of nitrogen functional groups attached to an aromatic ring is 1. The molecule has 0 saturated carbocycles. The summed E-state index contributed by atoms with van der Waals surface area (Å²) in [6, 6.07) is 13.2. The van der Waals surface area contributed by atoms with Crippen molar-refractivity contribution in [3.8, 4) is 11.5 Å². The van der Waals surface area contributed by atoms with Crippen LogP contribution in [0.25, 0.3) is 0 Å². The molecule has 2 aliphatic rings. The first-order valence-corrected chi connectivity index (χ1v) is 12.6. The van der Waals surface area contributed by atoms with Crippen molar-refractivity contribution in [1.82, 2.24) is 9.88 Å². The van der Waals surface area contributed by atoms with Gasteiger partial charge >= 0.3 is 0 Å². The molecule has 192 valence electrons. The van der Waals surface area contributed by atoms with E-state index in [9.17, 15) is 9.90 Å². The van der Waals surface area contributed by atoms with E-state index in [1.54, 1.807) is 18.2 Å². The fourth-order valence-corrected chi connectivity index (χ4v) is 5.15. The molecule has 3 heterocycles. The van der Waals surface area contributed by atoms with Crippen molar-refractivity contribution in [2.24, 2.45) is 0 Å². The van der Waals surface area contributed by atoms with Gasteiger partial charge in [-0.25, -0.2) is 4.98 Å². The lowest BCUT2D eigenvalue weighted by Gasteiger charge is -2.38. The summed E-state index contributed by atoms with van der Waals surface area (Å²) in [4.78, 5) is 22.2. The lowest BCUT2D eigenvalue weighted by atomic mass is 10.1. The van der Waals surface area contributed by atoms with Crippen LogP contribution in [0.15, 0.2) is 42.5 Å². The number of hydrogen-bond acceptors (Lipinski definition) is 10. The maximum Gasteiger partial charge on any atom is 0.206 e. The molecular formula is C26H33N5O4S. The first-order chi connectivity index (χ1) is 17.0. The Balaban J connectivity index is 0.00000304. The number of thiazole rings is 1. The zero-order valence-corrected chi connectivity index (χ0v) is 20.4. The smallest absolute Gasteiger partial charge is 0.206 e. The summed E-state index contributed by atoms with van der Waals surface area (Å²) in [5.41, 5.74) is 8.56. The van der Waals surface area contributed by atoms with E-state index in [1.807, 2.05) is 19.1 Å². The van der Waals surface area contributed by atoms with Crippen molar-refractivity contribution in [1.29, 1.82) is 0 Å². The molecule has 2 aromatic carbocycles. The van der Waals surface area contributed by atoms with E-state index >= 15 is 0 Å². The number of anilines is 4. The number of ether oxygens (including phenoxy) is 2. The Morgan fingerprint density at radius 3 is 2.50 bits per heavy atom. The lowest BCUT2D eigenvalue weighted by molar-refractivity contribution is -0.00191. The number of carbonyl (C=O) groups is 1. The first kappa shape index (κ1) is 25.7. The number of benzene rings is 2. The van der Waals surface area contributed by atoms with Gasteiger partial charge in [0.15, 0.2) is 16.6 Å². The number of piperazine rings is 1. The maximum absolute atomic E-state index is 13.1. The maximum atomic E-state index is 13.1. The van der Waals surface area contributed by atoms with Crippen LogP contribution in [-0.2, 0) is 0 Å². The average molecular weight is 512 g/mol. The normalized spacial score (nSPS) is 16.2. The lowest BCUT2D eigenvalue weighted by Crippen LogP contribution is -2.50. The van der Waals surface area contributed by atoms with E-state index in [2.05, 4.69) is 32.2 Å². The standard InChI is InChI=1S/C25H29N5O4S.CH4/c1-2-21(31)30-11-9-29(10-12-30)18-6-4-17(5-7-18)27-25-28-24(26)23(35-25)22(32)16-3-8-19-20(15-16)34-14-13-33-19;/h3-8,15,21,31H,2,9-14,26H2,1H3,(H,27,28);1H4. The van der Waals surface area contributed by atoms with Crippen molar-refractivity contribution in [2.75, 3.05) is 55.3 Å². The highest BCUT2D eigenvalue weighted by molar-refractivity contribution is 7.18. The topological polar surface area (TPSA) is 113 Å². The van der Waals surface area contributed by atoms with Gasteiger partial charge in [0.2, 0.25) is 5.78 Å². The predicted octanol–water partition coefficient (Wildman–Crippen LogP) is 3.96. The summed E-state index contributed by atoms with van der Waals surface area (Å²) in [6.07, 6.45) is 0.381. The van der Waals surface area contributed by atoms with Crippen LogP contribution in [0, 0.1) is 0 Å². The molecule has 4 N–H and O–H groups in total. The Morgan fingerprint density at radius 1 is 1.11 bits per heavy atom. The minimum Gasteiger partial charge on any atom is -0.486 e. The van der Waals surface area contributed by atoms with E-state index < -0.39 is 0 Å². The molecule has 0 aliphatic carbocycles. The Morgan fingerprint density at radius 2 is 1.81 bits per heavy atom. The largest absolute Gasteiger partial charge is 0.486 e. The summed E-state index contributed by atoms with van der Waals surface area (Å²) in [5, 5.41) is 13.8. The summed E-state index contributed by atoms with van der Waals surface area (Å²) < 4.78 is 11.1. The predicted molar refractivity (Wildman–Crippen MR) is 144 cm³/mol. The Bertz CT molecular complexity index is 1190. The van der Waals surface area contributed by atoms with Crippen molar-refractivity contribution >= 4 is 39.4 Å². The highest BCUT2D eigenvalue weighted by atomic mass is 32.1. The summed E-state index contributed by atoms with van der Waals surface area (Å²) in [5.74, 6) is 1.19. The summed E-state index contributed by atoms with van der Waals surface area (Å²) in [6.45, 7) is 6.38. The Kier molecular flexibility index (Phi) is 7.97. The van der Waals surface area contributed by atoms with Gasteiger partial charge in [0, 0.05) is 43.1 Å². The summed E-state index contributed by atoms with van der Waals surface area (Å²) in [7, 11) is 0. The van der Waals surface area contributed by atoms with Crippen molar-refractivity contribution in [3.05, 3.63) is 52.9 Å². The minimum absolute atomic E-state index is 0. The van der Waals surface area contributed by atoms with Crippen LogP contribution in [0.5, 0.6) is 11.5 Å². The molecule has 10 heteroatoms. The molecule has 9 nitrogen and oxygen atoms in total. The number of nitrogens with one attached hydrogen (secondary N) is 1. The number of aromatic nitrogens is 1. The number of nitrogens with two attached hydrogens (primary N) is 1. The number of nitrogens with zero attached hydrogens (tertiary/aromatic N) is 3. The zero-order valence-electron chi connectivity index (χ0n) is 19.6.